The summed E-state index contributed by atoms with van der Waals surface area (Å²) in [5.41, 5.74) is 5.45. The fourth-order valence-corrected chi connectivity index (χ4v) is 4.01. The minimum Gasteiger partial charge on any atom is -0.368 e. The lowest BCUT2D eigenvalue weighted by Gasteiger charge is -2.37. The molecule has 5 heteroatoms. The number of carbonyl (C=O) groups excluding carboxylic acids is 2. The van der Waals surface area contributed by atoms with Crippen LogP contribution in [0.1, 0.15) is 30.5 Å². The topological polar surface area (TPSA) is 43.9 Å². The number of hydrogen-bond donors (Lipinski definition) is 0. The molecule has 0 spiro atoms. The molecule has 1 aliphatic rings. The molecule has 5 nitrogen and oxygen atoms in total. The number of anilines is 2. The summed E-state index contributed by atoms with van der Waals surface area (Å²) in [7, 11) is 0. The Morgan fingerprint density at radius 3 is 2.31 bits per heavy atom. The summed E-state index contributed by atoms with van der Waals surface area (Å²) in [4.78, 5) is 31.2. The quantitative estimate of drug-likeness (QED) is 0.780. The molecule has 154 valence electrons. The van der Waals surface area contributed by atoms with Crippen LogP contribution in [0.25, 0.3) is 0 Å². The van der Waals surface area contributed by atoms with Crippen molar-refractivity contribution >= 4 is 23.2 Å². The minimum absolute atomic E-state index is 0.00870. The lowest BCUT2D eigenvalue weighted by molar-refractivity contribution is -0.131. The van der Waals surface area contributed by atoms with Gasteiger partial charge >= 0.3 is 0 Å². The average Bonchev–Trinajstić information content (AvgIpc) is 2.72. The normalized spacial score (nSPS) is 14.1. The van der Waals surface area contributed by atoms with Gasteiger partial charge in [0.25, 0.3) is 0 Å². The van der Waals surface area contributed by atoms with Gasteiger partial charge in [0.2, 0.25) is 11.8 Å². The molecule has 0 bridgehead atoms. The van der Waals surface area contributed by atoms with Crippen LogP contribution in [-0.2, 0) is 16.0 Å². The number of nitrogens with zero attached hydrogens (tertiary/aromatic N) is 3. The average molecular weight is 394 g/mol. The van der Waals surface area contributed by atoms with E-state index in [2.05, 4.69) is 43.0 Å². The molecule has 2 aromatic rings. The van der Waals surface area contributed by atoms with E-state index in [9.17, 15) is 9.59 Å². The van der Waals surface area contributed by atoms with Crippen molar-refractivity contribution in [2.45, 2.75) is 34.1 Å². The van der Waals surface area contributed by atoms with Crippen molar-refractivity contribution in [3.05, 3.63) is 59.2 Å². The number of amides is 2. The summed E-state index contributed by atoms with van der Waals surface area (Å²) in [6, 6.07) is 14.5. The predicted octanol–water partition coefficient (Wildman–Crippen LogP) is 3.57. The number of para-hydroxylation sites is 1. The minimum atomic E-state index is -0.0965. The summed E-state index contributed by atoms with van der Waals surface area (Å²) in [6.45, 7) is 10.8. The van der Waals surface area contributed by atoms with Crippen molar-refractivity contribution in [1.29, 1.82) is 0 Å². The molecule has 0 unspecified atom stereocenters. The molecule has 0 N–H and O–H groups in total. The lowest BCUT2D eigenvalue weighted by atomic mass is 10.0. The van der Waals surface area contributed by atoms with Gasteiger partial charge in [-0.3, -0.25) is 9.59 Å². The molecule has 3 rings (SSSR count). The highest BCUT2D eigenvalue weighted by atomic mass is 16.2. The molecule has 0 saturated carbocycles. The second-order valence-corrected chi connectivity index (χ2v) is 7.75. The molecule has 2 amide bonds. The number of aryl methyl sites for hydroxylation is 3. The monoisotopic (exact) mass is 393 g/mol. The highest BCUT2D eigenvalue weighted by molar-refractivity contribution is 5.98. The molecule has 29 heavy (non-hydrogen) atoms. The van der Waals surface area contributed by atoms with Gasteiger partial charge in [0.05, 0.1) is 5.69 Å². The van der Waals surface area contributed by atoms with Crippen LogP contribution in [0.4, 0.5) is 11.4 Å². The second-order valence-electron chi connectivity index (χ2n) is 7.75. The Morgan fingerprint density at radius 2 is 1.69 bits per heavy atom. The van der Waals surface area contributed by atoms with Crippen LogP contribution in [0, 0.1) is 13.8 Å². The van der Waals surface area contributed by atoms with Crippen molar-refractivity contribution < 1.29 is 9.59 Å². The van der Waals surface area contributed by atoms with Crippen LogP contribution in [0.3, 0.4) is 0 Å². The number of rotatable bonds is 5. The SMILES string of the molecule is CCc1cccc(C)c1N(CC(=O)N1CCN(c2cccc(C)c2)CC1)C(C)=O. The first-order valence-corrected chi connectivity index (χ1v) is 10.4. The smallest absolute Gasteiger partial charge is 0.242 e. The van der Waals surface area contributed by atoms with Gasteiger partial charge in [-0.1, -0.05) is 37.3 Å². The van der Waals surface area contributed by atoms with E-state index in [1.165, 1.54) is 18.2 Å². The van der Waals surface area contributed by atoms with Crippen LogP contribution < -0.4 is 9.80 Å². The van der Waals surface area contributed by atoms with E-state index < -0.39 is 0 Å². The van der Waals surface area contributed by atoms with E-state index in [1.54, 1.807) is 4.90 Å². The van der Waals surface area contributed by atoms with Crippen molar-refractivity contribution in [2.75, 3.05) is 42.5 Å². The number of benzene rings is 2. The van der Waals surface area contributed by atoms with E-state index in [1.807, 2.05) is 30.0 Å². The maximum Gasteiger partial charge on any atom is 0.242 e. The highest BCUT2D eigenvalue weighted by Crippen LogP contribution is 2.26. The lowest BCUT2D eigenvalue weighted by Crippen LogP contribution is -2.52. The Labute approximate surface area is 173 Å². The Hall–Kier alpha value is -2.82. The third-order valence-electron chi connectivity index (χ3n) is 5.64. The molecular weight excluding hydrogens is 362 g/mol. The summed E-state index contributed by atoms with van der Waals surface area (Å²) in [6.07, 6.45) is 0.824. The number of hydrogen-bond acceptors (Lipinski definition) is 3. The van der Waals surface area contributed by atoms with Gasteiger partial charge in [0, 0.05) is 38.8 Å². The Bertz CT molecular complexity index is 885. The largest absolute Gasteiger partial charge is 0.368 e. The van der Waals surface area contributed by atoms with Crippen LogP contribution in [0.15, 0.2) is 42.5 Å². The second kappa shape index (κ2) is 9.12. The zero-order valence-corrected chi connectivity index (χ0v) is 17.9. The molecule has 1 aliphatic heterocycles. The van der Waals surface area contributed by atoms with Crippen molar-refractivity contribution in [3.8, 4) is 0 Å². The first-order valence-electron chi connectivity index (χ1n) is 10.4. The van der Waals surface area contributed by atoms with Crippen molar-refractivity contribution in [1.82, 2.24) is 4.90 Å². The maximum atomic E-state index is 13.0. The van der Waals surface area contributed by atoms with Gasteiger partial charge in [0.1, 0.15) is 6.54 Å². The molecule has 1 saturated heterocycles. The van der Waals surface area contributed by atoms with Crippen LogP contribution in [0.5, 0.6) is 0 Å². The van der Waals surface area contributed by atoms with E-state index >= 15 is 0 Å². The van der Waals surface area contributed by atoms with E-state index in [0.29, 0.717) is 13.1 Å². The first kappa shape index (κ1) is 20.9. The van der Waals surface area contributed by atoms with Gasteiger partial charge in [-0.2, -0.15) is 0 Å². The summed E-state index contributed by atoms with van der Waals surface area (Å²) < 4.78 is 0. The number of carbonyl (C=O) groups is 2. The molecule has 0 radical (unpaired) electrons. The molecule has 0 aromatic heterocycles. The molecule has 0 atom stereocenters. The summed E-state index contributed by atoms with van der Waals surface area (Å²) in [5.74, 6) is -0.0878. The standard InChI is InChI=1S/C24H31N3O2/c1-5-21-10-7-9-19(3)24(21)27(20(4)28)17-23(29)26-14-12-25(13-15-26)22-11-6-8-18(2)16-22/h6-11,16H,5,12-15,17H2,1-4H3. The molecule has 1 fully saturated rings. The van der Waals surface area contributed by atoms with E-state index in [-0.39, 0.29) is 18.4 Å². The molecule has 0 aliphatic carbocycles. The van der Waals surface area contributed by atoms with Crippen LogP contribution >= 0.6 is 0 Å². The van der Waals surface area contributed by atoms with Gasteiger partial charge in [-0.25, -0.2) is 0 Å². The fraction of sp³-hybridized carbons (Fsp3) is 0.417. The number of piperazine rings is 1. The zero-order chi connectivity index (χ0) is 21.0. The first-order chi connectivity index (χ1) is 13.9. The summed E-state index contributed by atoms with van der Waals surface area (Å²) >= 11 is 0. The van der Waals surface area contributed by atoms with Crippen molar-refractivity contribution in [3.63, 3.8) is 0 Å². The fourth-order valence-electron chi connectivity index (χ4n) is 4.01. The highest BCUT2D eigenvalue weighted by Gasteiger charge is 2.26. The Kier molecular flexibility index (Phi) is 6.57. The molecule has 1 heterocycles. The zero-order valence-electron chi connectivity index (χ0n) is 17.9. The van der Waals surface area contributed by atoms with Gasteiger partial charge in [-0.05, 0) is 49.1 Å². The predicted molar refractivity (Wildman–Crippen MR) is 119 cm³/mol. The Morgan fingerprint density at radius 1 is 1.00 bits per heavy atom. The van der Waals surface area contributed by atoms with Gasteiger partial charge in [0.15, 0.2) is 0 Å². The molecular formula is C24H31N3O2. The van der Waals surface area contributed by atoms with Crippen molar-refractivity contribution in [2.24, 2.45) is 0 Å². The van der Waals surface area contributed by atoms with E-state index in [4.69, 9.17) is 0 Å². The third-order valence-corrected chi connectivity index (χ3v) is 5.64. The molecule has 2 aromatic carbocycles. The third kappa shape index (κ3) is 4.78. The van der Waals surface area contributed by atoms with Crippen LogP contribution in [0.2, 0.25) is 0 Å². The Balaban J connectivity index is 1.68. The van der Waals surface area contributed by atoms with Gasteiger partial charge < -0.3 is 14.7 Å². The van der Waals surface area contributed by atoms with E-state index in [0.717, 1.165) is 36.3 Å². The van der Waals surface area contributed by atoms with Crippen LogP contribution in [-0.4, -0.2) is 49.4 Å². The maximum absolute atomic E-state index is 13.0. The van der Waals surface area contributed by atoms with Gasteiger partial charge in [-0.15, -0.1) is 0 Å². The summed E-state index contributed by atoms with van der Waals surface area (Å²) in [5, 5.41) is 0.